The van der Waals surface area contributed by atoms with Crippen molar-refractivity contribution in [3.05, 3.63) is 65.2 Å². The van der Waals surface area contributed by atoms with Gasteiger partial charge in [0.1, 0.15) is 0 Å². The molecular weight excluding hydrogens is 366 g/mol. The maximum Gasteiger partial charge on any atom is 0.253 e. The molecular formula is C23H27N3O3. The predicted octanol–water partition coefficient (Wildman–Crippen LogP) is 3.20. The third kappa shape index (κ3) is 5.44. The van der Waals surface area contributed by atoms with Crippen LogP contribution < -0.4 is 5.32 Å². The molecule has 1 heterocycles. The van der Waals surface area contributed by atoms with Crippen LogP contribution in [0.3, 0.4) is 0 Å². The Morgan fingerprint density at radius 3 is 2.31 bits per heavy atom. The lowest BCUT2D eigenvalue weighted by Crippen LogP contribution is -2.27. The SMILES string of the molecule is CN(C)C(=O)c1ccc(CCC(=O)Nc2cccc(C(=O)N3CCCC3)c2)cc1. The van der Waals surface area contributed by atoms with Crippen molar-refractivity contribution in [1.29, 1.82) is 0 Å². The van der Waals surface area contributed by atoms with E-state index in [1.807, 2.05) is 17.0 Å². The maximum atomic E-state index is 12.5. The van der Waals surface area contributed by atoms with Gasteiger partial charge in [0, 0.05) is 50.4 Å². The zero-order valence-electron chi connectivity index (χ0n) is 17.0. The third-order valence-corrected chi connectivity index (χ3v) is 5.03. The summed E-state index contributed by atoms with van der Waals surface area (Å²) < 4.78 is 0. The quantitative estimate of drug-likeness (QED) is 0.819. The molecule has 1 aliphatic heterocycles. The van der Waals surface area contributed by atoms with Crippen LogP contribution in [0.15, 0.2) is 48.5 Å². The Hall–Kier alpha value is -3.15. The average molecular weight is 393 g/mol. The third-order valence-electron chi connectivity index (χ3n) is 5.03. The van der Waals surface area contributed by atoms with E-state index in [-0.39, 0.29) is 17.7 Å². The number of hydrogen-bond donors (Lipinski definition) is 1. The Morgan fingerprint density at radius 2 is 1.66 bits per heavy atom. The maximum absolute atomic E-state index is 12.5. The van der Waals surface area contributed by atoms with Gasteiger partial charge in [-0.3, -0.25) is 14.4 Å². The van der Waals surface area contributed by atoms with Gasteiger partial charge in [0.25, 0.3) is 11.8 Å². The van der Waals surface area contributed by atoms with E-state index in [1.54, 1.807) is 50.5 Å². The van der Waals surface area contributed by atoms with Crippen LogP contribution >= 0.6 is 0 Å². The average Bonchev–Trinajstić information content (AvgIpc) is 3.26. The molecule has 152 valence electrons. The van der Waals surface area contributed by atoms with Crippen LogP contribution in [0.4, 0.5) is 5.69 Å². The molecule has 1 saturated heterocycles. The van der Waals surface area contributed by atoms with Crippen molar-refractivity contribution in [2.75, 3.05) is 32.5 Å². The second kappa shape index (κ2) is 9.37. The Labute approximate surface area is 171 Å². The van der Waals surface area contributed by atoms with Crippen molar-refractivity contribution in [2.24, 2.45) is 0 Å². The Bertz CT molecular complexity index is 884. The van der Waals surface area contributed by atoms with E-state index in [1.165, 1.54) is 4.90 Å². The number of nitrogens with one attached hydrogen (secondary N) is 1. The summed E-state index contributed by atoms with van der Waals surface area (Å²) in [7, 11) is 3.43. The predicted molar refractivity (Wildman–Crippen MR) is 113 cm³/mol. The number of amides is 3. The monoisotopic (exact) mass is 393 g/mol. The van der Waals surface area contributed by atoms with Crippen LogP contribution in [0.5, 0.6) is 0 Å². The lowest BCUT2D eigenvalue weighted by atomic mass is 10.1. The van der Waals surface area contributed by atoms with Crippen LogP contribution in [0.1, 0.15) is 45.5 Å². The minimum atomic E-state index is -0.107. The first-order chi connectivity index (χ1) is 13.9. The largest absolute Gasteiger partial charge is 0.345 e. The highest BCUT2D eigenvalue weighted by Crippen LogP contribution is 2.17. The van der Waals surface area contributed by atoms with Crippen molar-refractivity contribution < 1.29 is 14.4 Å². The van der Waals surface area contributed by atoms with E-state index in [0.717, 1.165) is 31.5 Å². The van der Waals surface area contributed by atoms with E-state index >= 15 is 0 Å². The summed E-state index contributed by atoms with van der Waals surface area (Å²) in [6.07, 6.45) is 3.00. The van der Waals surface area contributed by atoms with Crippen LogP contribution in [0, 0.1) is 0 Å². The summed E-state index contributed by atoms with van der Waals surface area (Å²) in [4.78, 5) is 40.1. The van der Waals surface area contributed by atoms with Gasteiger partial charge in [-0.2, -0.15) is 0 Å². The summed E-state index contributed by atoms with van der Waals surface area (Å²) in [5, 5.41) is 2.87. The molecule has 0 radical (unpaired) electrons. The molecule has 3 amide bonds. The minimum absolute atomic E-state index is 0.0194. The lowest BCUT2D eigenvalue weighted by molar-refractivity contribution is -0.116. The van der Waals surface area contributed by atoms with E-state index in [9.17, 15) is 14.4 Å². The van der Waals surface area contributed by atoms with E-state index in [4.69, 9.17) is 0 Å². The molecule has 0 unspecified atom stereocenters. The smallest absolute Gasteiger partial charge is 0.253 e. The molecule has 2 aromatic rings. The molecule has 0 atom stereocenters. The first kappa shape index (κ1) is 20.6. The summed E-state index contributed by atoms with van der Waals surface area (Å²) >= 11 is 0. The number of carbonyl (C=O) groups excluding carboxylic acids is 3. The topological polar surface area (TPSA) is 69.7 Å². The molecule has 1 aliphatic rings. The number of benzene rings is 2. The summed E-state index contributed by atoms with van der Waals surface area (Å²) in [5.74, 6) is -0.132. The van der Waals surface area contributed by atoms with Gasteiger partial charge >= 0.3 is 0 Å². The van der Waals surface area contributed by atoms with Crippen molar-refractivity contribution in [2.45, 2.75) is 25.7 Å². The standard InChI is InChI=1S/C23H27N3O3/c1-25(2)22(28)18-11-8-17(9-12-18)10-13-21(27)24-20-7-5-6-19(16-20)23(29)26-14-3-4-15-26/h5-9,11-12,16H,3-4,10,13-15H2,1-2H3,(H,24,27). The summed E-state index contributed by atoms with van der Waals surface area (Å²) in [6.45, 7) is 1.60. The fraction of sp³-hybridized carbons (Fsp3) is 0.348. The molecule has 6 heteroatoms. The fourth-order valence-electron chi connectivity index (χ4n) is 3.39. The second-order valence-corrected chi connectivity index (χ2v) is 7.52. The van der Waals surface area contributed by atoms with E-state index in [2.05, 4.69) is 5.32 Å². The Balaban J connectivity index is 1.53. The van der Waals surface area contributed by atoms with Gasteiger partial charge in [-0.05, 0) is 55.2 Å². The highest BCUT2D eigenvalue weighted by Gasteiger charge is 2.19. The molecule has 29 heavy (non-hydrogen) atoms. The van der Waals surface area contributed by atoms with Gasteiger partial charge in [0.15, 0.2) is 0 Å². The number of carbonyl (C=O) groups is 3. The van der Waals surface area contributed by atoms with Crippen LogP contribution in [-0.2, 0) is 11.2 Å². The van der Waals surface area contributed by atoms with E-state index < -0.39 is 0 Å². The van der Waals surface area contributed by atoms with E-state index in [0.29, 0.717) is 29.7 Å². The molecule has 6 nitrogen and oxygen atoms in total. The molecule has 0 aromatic heterocycles. The second-order valence-electron chi connectivity index (χ2n) is 7.52. The molecule has 0 aliphatic carbocycles. The molecule has 2 aromatic carbocycles. The minimum Gasteiger partial charge on any atom is -0.345 e. The molecule has 0 saturated carbocycles. The van der Waals surface area contributed by atoms with Gasteiger partial charge in [0.05, 0.1) is 0 Å². The van der Waals surface area contributed by atoms with Gasteiger partial charge < -0.3 is 15.1 Å². The molecule has 0 bridgehead atoms. The highest BCUT2D eigenvalue weighted by atomic mass is 16.2. The van der Waals surface area contributed by atoms with Gasteiger partial charge in [0.2, 0.25) is 5.91 Å². The van der Waals surface area contributed by atoms with Crippen molar-refractivity contribution >= 4 is 23.4 Å². The van der Waals surface area contributed by atoms with Gasteiger partial charge in [-0.25, -0.2) is 0 Å². The van der Waals surface area contributed by atoms with Gasteiger partial charge in [-0.15, -0.1) is 0 Å². The van der Waals surface area contributed by atoms with Gasteiger partial charge in [-0.1, -0.05) is 18.2 Å². The summed E-state index contributed by atoms with van der Waals surface area (Å²) in [6, 6.07) is 14.4. The molecule has 0 spiro atoms. The van der Waals surface area contributed by atoms with Crippen LogP contribution in [-0.4, -0.2) is 54.7 Å². The Morgan fingerprint density at radius 1 is 0.966 bits per heavy atom. The number of anilines is 1. The highest BCUT2D eigenvalue weighted by molar-refractivity contribution is 5.97. The van der Waals surface area contributed by atoms with Crippen molar-refractivity contribution in [3.8, 4) is 0 Å². The zero-order valence-corrected chi connectivity index (χ0v) is 17.0. The lowest BCUT2D eigenvalue weighted by Gasteiger charge is -2.15. The zero-order chi connectivity index (χ0) is 20.8. The molecule has 1 fully saturated rings. The number of aryl methyl sites for hydroxylation is 1. The van der Waals surface area contributed by atoms with Crippen molar-refractivity contribution in [3.63, 3.8) is 0 Å². The Kier molecular flexibility index (Phi) is 6.65. The van der Waals surface area contributed by atoms with Crippen molar-refractivity contribution in [1.82, 2.24) is 9.80 Å². The first-order valence-electron chi connectivity index (χ1n) is 9.94. The number of likely N-dealkylation sites (tertiary alicyclic amines) is 1. The number of hydrogen-bond acceptors (Lipinski definition) is 3. The number of rotatable bonds is 6. The molecule has 3 rings (SSSR count). The summed E-state index contributed by atoms with van der Waals surface area (Å²) in [5.41, 5.74) is 2.86. The first-order valence-corrected chi connectivity index (χ1v) is 9.94. The number of nitrogens with zero attached hydrogens (tertiary/aromatic N) is 2. The fourth-order valence-corrected chi connectivity index (χ4v) is 3.39. The van der Waals surface area contributed by atoms with Crippen LogP contribution in [0.25, 0.3) is 0 Å². The molecule has 1 N–H and O–H groups in total. The normalized spacial score (nSPS) is 13.2. The van der Waals surface area contributed by atoms with Crippen LogP contribution in [0.2, 0.25) is 0 Å².